The van der Waals surface area contributed by atoms with Gasteiger partial charge in [-0.3, -0.25) is 9.88 Å². The summed E-state index contributed by atoms with van der Waals surface area (Å²) in [5.74, 6) is 0.838. The zero-order valence-corrected chi connectivity index (χ0v) is 28.4. The van der Waals surface area contributed by atoms with E-state index in [2.05, 4.69) is 16.6 Å². The first kappa shape index (κ1) is 37.7. The summed E-state index contributed by atoms with van der Waals surface area (Å²) >= 11 is 0. The number of nitrogens with zero attached hydrogens (tertiary/aromatic N) is 5. The Balaban J connectivity index is 2.41. The molecule has 1 aromatic rings. The number of rotatable bonds is 12. The third kappa shape index (κ3) is 10.8. The minimum atomic E-state index is -1.21. The van der Waals surface area contributed by atoms with Crippen LogP contribution in [-0.2, 0) is 14.2 Å². The summed E-state index contributed by atoms with van der Waals surface area (Å²) in [6, 6.07) is 1.01. The highest BCUT2D eigenvalue weighted by molar-refractivity contribution is 6.02. The summed E-state index contributed by atoms with van der Waals surface area (Å²) in [4.78, 5) is 40.6. The number of pyridine rings is 1. The highest BCUT2D eigenvalue weighted by Crippen LogP contribution is 2.36. The summed E-state index contributed by atoms with van der Waals surface area (Å²) in [6.45, 7) is 19.1. The molecule has 45 heavy (non-hydrogen) atoms. The molecule has 0 saturated carbocycles. The Labute approximate surface area is 267 Å². The molecule has 3 amide bonds. The van der Waals surface area contributed by atoms with Crippen LogP contribution in [0.3, 0.4) is 0 Å². The lowest BCUT2D eigenvalue weighted by Crippen LogP contribution is -2.56. The number of aliphatic imine (C=N–C) groups is 1. The average molecular weight is 634 g/mol. The number of aliphatic hydroxyl groups is 1. The molecular weight excluding hydrogens is 581 g/mol. The highest BCUT2D eigenvalue weighted by atomic mass is 19.1. The minimum absolute atomic E-state index is 0.101. The van der Waals surface area contributed by atoms with Crippen LogP contribution in [-0.4, -0.2) is 102 Å². The molecule has 1 fully saturated rings. The van der Waals surface area contributed by atoms with E-state index in [9.17, 15) is 19.1 Å². The number of hydrogen-bond donors (Lipinski definition) is 1. The van der Waals surface area contributed by atoms with Gasteiger partial charge in [0.05, 0.1) is 18.0 Å². The molecular formula is C33H52FN5O6. The summed E-state index contributed by atoms with van der Waals surface area (Å²) in [6.07, 6.45) is 2.88. The van der Waals surface area contributed by atoms with Gasteiger partial charge < -0.3 is 29.1 Å². The van der Waals surface area contributed by atoms with Gasteiger partial charge in [0, 0.05) is 50.9 Å². The number of ether oxygens (including phenoxy) is 3. The van der Waals surface area contributed by atoms with Crippen molar-refractivity contribution in [2.75, 3.05) is 51.5 Å². The molecule has 0 aliphatic carbocycles. The van der Waals surface area contributed by atoms with E-state index < -0.39 is 30.5 Å². The highest BCUT2D eigenvalue weighted by Gasteiger charge is 2.33. The zero-order chi connectivity index (χ0) is 33.9. The number of aromatic nitrogens is 1. The molecule has 1 aromatic heterocycles. The molecule has 252 valence electrons. The molecule has 3 atom stereocenters. The summed E-state index contributed by atoms with van der Waals surface area (Å²) in [5, 5.41) is 11.2. The van der Waals surface area contributed by atoms with E-state index in [4.69, 9.17) is 14.2 Å². The van der Waals surface area contributed by atoms with Crippen molar-refractivity contribution in [3.05, 3.63) is 48.0 Å². The fourth-order valence-corrected chi connectivity index (χ4v) is 5.06. The molecule has 1 saturated heterocycles. The second-order valence-electron chi connectivity index (χ2n) is 12.3. The Kier molecular flexibility index (Phi) is 14.4. The van der Waals surface area contributed by atoms with E-state index in [0.717, 1.165) is 0 Å². The Morgan fingerprint density at radius 1 is 1.31 bits per heavy atom. The van der Waals surface area contributed by atoms with Gasteiger partial charge in [0.1, 0.15) is 42.7 Å². The predicted octanol–water partition coefficient (Wildman–Crippen LogP) is 6.01. The normalized spacial score (nSPS) is 17.4. The van der Waals surface area contributed by atoms with Gasteiger partial charge in [0.2, 0.25) is 0 Å². The third-order valence-electron chi connectivity index (χ3n) is 7.13. The smallest absolute Gasteiger partial charge is 0.410 e. The van der Waals surface area contributed by atoms with Crippen molar-refractivity contribution < 1.29 is 33.3 Å². The Bertz CT molecular complexity index is 1210. The van der Waals surface area contributed by atoms with Crippen molar-refractivity contribution in [1.29, 1.82) is 0 Å². The van der Waals surface area contributed by atoms with Crippen molar-refractivity contribution in [1.82, 2.24) is 14.8 Å². The molecule has 0 bridgehead atoms. The molecule has 1 aliphatic rings. The van der Waals surface area contributed by atoms with Crippen molar-refractivity contribution in [3.63, 3.8) is 0 Å². The van der Waals surface area contributed by atoms with Crippen LogP contribution >= 0.6 is 0 Å². The number of aliphatic hydroxyl groups excluding tert-OH is 1. The van der Waals surface area contributed by atoms with Crippen molar-refractivity contribution in [3.8, 4) is 0 Å². The molecule has 1 aliphatic heterocycles. The van der Waals surface area contributed by atoms with E-state index in [0.29, 0.717) is 54.6 Å². The lowest BCUT2D eigenvalue weighted by Gasteiger charge is -2.41. The molecule has 0 radical (unpaired) electrons. The van der Waals surface area contributed by atoms with Crippen LogP contribution in [0.5, 0.6) is 0 Å². The topological polar surface area (TPSA) is 117 Å². The van der Waals surface area contributed by atoms with Crippen molar-refractivity contribution in [2.45, 2.75) is 91.6 Å². The zero-order valence-electron chi connectivity index (χ0n) is 28.4. The number of amidine groups is 1. The third-order valence-corrected chi connectivity index (χ3v) is 7.13. The van der Waals surface area contributed by atoms with Gasteiger partial charge >= 0.3 is 12.1 Å². The number of anilines is 1. The maximum absolute atomic E-state index is 13.8. The van der Waals surface area contributed by atoms with Crippen LogP contribution < -0.4 is 4.90 Å². The Morgan fingerprint density at radius 2 is 2.00 bits per heavy atom. The molecule has 12 heteroatoms. The molecule has 2 rings (SSSR count). The summed E-state index contributed by atoms with van der Waals surface area (Å²) in [7, 11) is 1.60. The second kappa shape index (κ2) is 17.3. The van der Waals surface area contributed by atoms with E-state index >= 15 is 0 Å². The summed E-state index contributed by atoms with van der Waals surface area (Å²) < 4.78 is 30.2. The number of carbonyl (C=O) groups excluding carboxylic acids is 2. The number of piperazine rings is 1. The number of alkyl halides is 1. The van der Waals surface area contributed by atoms with E-state index in [1.165, 1.54) is 4.90 Å². The van der Waals surface area contributed by atoms with E-state index in [1.54, 1.807) is 36.4 Å². The second-order valence-corrected chi connectivity index (χ2v) is 12.3. The first-order chi connectivity index (χ1) is 21.1. The fourth-order valence-electron chi connectivity index (χ4n) is 5.06. The Morgan fingerprint density at radius 3 is 2.56 bits per heavy atom. The number of amides is 3. The van der Waals surface area contributed by atoms with Gasteiger partial charge in [-0.15, -0.1) is 0 Å². The molecule has 2 unspecified atom stereocenters. The lowest BCUT2D eigenvalue weighted by atomic mass is 9.97. The number of hydrogen-bond acceptors (Lipinski definition) is 7. The van der Waals surface area contributed by atoms with Gasteiger partial charge in [0.15, 0.2) is 0 Å². The van der Waals surface area contributed by atoms with Crippen LogP contribution in [0.1, 0.15) is 85.1 Å². The van der Waals surface area contributed by atoms with Crippen LogP contribution in [0, 0.1) is 0 Å². The first-order valence-electron chi connectivity index (χ1n) is 15.5. The molecule has 2 heterocycles. The van der Waals surface area contributed by atoms with Crippen LogP contribution in [0.2, 0.25) is 0 Å². The van der Waals surface area contributed by atoms with Crippen LogP contribution in [0.4, 0.5) is 19.7 Å². The number of urea groups is 1. The molecule has 11 nitrogen and oxygen atoms in total. The summed E-state index contributed by atoms with van der Waals surface area (Å²) in [5.41, 5.74) is 0.883. The number of carbonyl (C=O) groups is 2. The van der Waals surface area contributed by atoms with Crippen LogP contribution in [0.15, 0.2) is 41.7 Å². The lowest BCUT2D eigenvalue weighted by molar-refractivity contribution is -0.0663. The van der Waals surface area contributed by atoms with E-state index in [1.807, 2.05) is 60.3 Å². The molecule has 0 aromatic carbocycles. The van der Waals surface area contributed by atoms with Gasteiger partial charge in [-0.25, -0.2) is 14.0 Å². The SMILES string of the molecule is C=C(/C=C\C)OCC(O)C(OCCF)c1ccnc(C(C)C)c1N(C)C(=O)N=C(CC)N1CCN(C(=O)OC(C)(C)C)C[C@@H]1C. The quantitative estimate of drug-likeness (QED) is 0.129. The van der Waals surface area contributed by atoms with Crippen molar-refractivity contribution >= 4 is 23.6 Å². The van der Waals surface area contributed by atoms with Gasteiger partial charge in [-0.2, -0.15) is 4.99 Å². The number of halogens is 1. The standard InChI is InChI=1S/C33H52FN5O6/c1-11-13-24(6)44-21-26(40)30(43-19-15-34)25-14-16-35-28(22(3)4)29(25)37(10)31(41)36-27(12-2)39-18-17-38(20-23(39)5)32(42)45-33(7,8)9/h11,13-14,16,22-23,26,30,40H,6,12,15,17-21H2,1-5,7-10H3/b13-11-,36-27?/t23-,26?,30?/m0/s1. The average Bonchev–Trinajstić information content (AvgIpc) is 2.97. The van der Waals surface area contributed by atoms with Crippen molar-refractivity contribution in [2.24, 2.45) is 4.99 Å². The predicted molar refractivity (Wildman–Crippen MR) is 174 cm³/mol. The molecule has 0 spiro atoms. The van der Waals surface area contributed by atoms with E-state index in [-0.39, 0.29) is 31.3 Å². The molecule has 1 N–H and O–H groups in total. The maximum atomic E-state index is 13.8. The Hall–Kier alpha value is -3.51. The minimum Gasteiger partial charge on any atom is -0.491 e. The van der Waals surface area contributed by atoms with Gasteiger partial charge in [-0.05, 0) is 52.7 Å². The van der Waals surface area contributed by atoms with Crippen LogP contribution in [0.25, 0.3) is 0 Å². The largest absolute Gasteiger partial charge is 0.491 e. The first-order valence-corrected chi connectivity index (χ1v) is 15.5. The fraction of sp³-hybridized carbons (Fsp3) is 0.636. The van der Waals surface area contributed by atoms with Gasteiger partial charge in [-0.1, -0.05) is 33.4 Å². The number of allylic oxidation sites excluding steroid dienone is 2. The van der Waals surface area contributed by atoms with Gasteiger partial charge in [0.25, 0.3) is 0 Å². The monoisotopic (exact) mass is 633 g/mol. The maximum Gasteiger partial charge on any atom is 0.410 e.